The van der Waals surface area contributed by atoms with Gasteiger partial charge in [-0.3, -0.25) is 0 Å². The average Bonchev–Trinajstić information content (AvgIpc) is 2.52. The number of thioether (sulfide) groups is 2. The van der Waals surface area contributed by atoms with Gasteiger partial charge in [-0.1, -0.05) is 53.9 Å². The SMILES string of the molecule is CSC(=S)SC.Cc1ccc2c(c1)Sc1ccccc1S2. The van der Waals surface area contributed by atoms with Gasteiger partial charge in [-0.05, 0) is 49.3 Å². The van der Waals surface area contributed by atoms with Crippen LogP contribution in [0.5, 0.6) is 0 Å². The molecule has 0 atom stereocenters. The van der Waals surface area contributed by atoms with Crippen molar-refractivity contribution in [1.29, 1.82) is 0 Å². The van der Waals surface area contributed by atoms with E-state index < -0.39 is 0 Å². The molecule has 2 aromatic carbocycles. The molecule has 0 saturated carbocycles. The van der Waals surface area contributed by atoms with E-state index in [1.54, 1.807) is 23.5 Å². The molecule has 0 bridgehead atoms. The first-order valence-electron chi connectivity index (χ1n) is 6.31. The fourth-order valence-electron chi connectivity index (χ4n) is 1.72. The molecule has 0 saturated heterocycles. The fraction of sp³-hybridized carbons (Fsp3) is 0.188. The van der Waals surface area contributed by atoms with Crippen molar-refractivity contribution in [2.45, 2.75) is 26.5 Å². The summed E-state index contributed by atoms with van der Waals surface area (Å²) >= 11 is 11.8. The van der Waals surface area contributed by atoms with Crippen LogP contribution < -0.4 is 0 Å². The molecule has 0 aliphatic carbocycles. The molecule has 2 aromatic rings. The largest absolute Gasteiger partial charge is 0.111 e. The third kappa shape index (κ3) is 4.96. The van der Waals surface area contributed by atoms with Crippen LogP contribution in [0.2, 0.25) is 0 Å². The zero-order chi connectivity index (χ0) is 15.2. The molecule has 21 heavy (non-hydrogen) atoms. The Balaban J connectivity index is 0.000000232. The van der Waals surface area contributed by atoms with E-state index in [1.807, 2.05) is 36.0 Å². The highest BCUT2D eigenvalue weighted by Crippen LogP contribution is 2.48. The summed E-state index contributed by atoms with van der Waals surface area (Å²) in [6.07, 6.45) is 3.97. The molecule has 0 nitrogen and oxygen atoms in total. The summed E-state index contributed by atoms with van der Waals surface area (Å²) in [5, 5.41) is 0. The molecule has 0 spiro atoms. The second-order valence-electron chi connectivity index (χ2n) is 4.26. The number of aryl methyl sites for hydroxylation is 1. The fourth-order valence-corrected chi connectivity index (χ4v) is 4.70. The van der Waals surface area contributed by atoms with Crippen molar-refractivity contribution in [2.75, 3.05) is 12.5 Å². The molecular weight excluding hydrogens is 353 g/mol. The molecule has 0 aromatic heterocycles. The van der Waals surface area contributed by atoms with Gasteiger partial charge in [0.1, 0.15) is 3.53 Å². The minimum absolute atomic E-state index is 1.01. The summed E-state index contributed by atoms with van der Waals surface area (Å²) in [4.78, 5) is 5.52. The Morgan fingerprint density at radius 2 is 1.38 bits per heavy atom. The number of hydrogen-bond acceptors (Lipinski definition) is 5. The maximum Gasteiger partial charge on any atom is 0.103 e. The maximum atomic E-state index is 4.78. The minimum atomic E-state index is 1.01. The Hall–Kier alpha value is -0.0700. The van der Waals surface area contributed by atoms with Crippen molar-refractivity contribution in [1.82, 2.24) is 0 Å². The number of hydrogen-bond donors (Lipinski definition) is 0. The lowest BCUT2D eigenvalue weighted by Crippen LogP contribution is -1.89. The number of benzene rings is 2. The standard InChI is InChI=1S/C13H10S2.C3H6S3/c1-9-6-7-12-13(8-9)15-11-5-3-2-4-10(11)14-12;1-5-3(4)6-2/h2-8H,1H3;1-2H3. The molecule has 1 aliphatic heterocycles. The van der Waals surface area contributed by atoms with Crippen LogP contribution in [-0.2, 0) is 0 Å². The van der Waals surface area contributed by atoms with Crippen LogP contribution in [0.3, 0.4) is 0 Å². The van der Waals surface area contributed by atoms with E-state index in [9.17, 15) is 0 Å². The van der Waals surface area contributed by atoms with Gasteiger partial charge in [0.2, 0.25) is 0 Å². The Morgan fingerprint density at radius 1 is 0.857 bits per heavy atom. The van der Waals surface area contributed by atoms with Gasteiger partial charge in [-0.2, -0.15) is 0 Å². The van der Waals surface area contributed by atoms with Gasteiger partial charge in [-0.25, -0.2) is 0 Å². The predicted octanol–water partition coefficient (Wildman–Crippen LogP) is 6.61. The van der Waals surface area contributed by atoms with E-state index >= 15 is 0 Å². The van der Waals surface area contributed by atoms with Crippen LogP contribution in [0.25, 0.3) is 0 Å². The zero-order valence-corrected chi connectivity index (χ0v) is 16.2. The van der Waals surface area contributed by atoms with Crippen LogP contribution in [0.15, 0.2) is 62.0 Å². The van der Waals surface area contributed by atoms with E-state index in [4.69, 9.17) is 12.2 Å². The van der Waals surface area contributed by atoms with E-state index in [-0.39, 0.29) is 0 Å². The van der Waals surface area contributed by atoms with Crippen LogP contribution in [0, 0.1) is 6.92 Å². The van der Waals surface area contributed by atoms with E-state index in [1.165, 1.54) is 25.1 Å². The molecule has 0 unspecified atom stereocenters. The quantitative estimate of drug-likeness (QED) is 0.408. The molecule has 110 valence electrons. The molecule has 0 amide bonds. The van der Waals surface area contributed by atoms with E-state index in [2.05, 4.69) is 49.4 Å². The molecule has 0 radical (unpaired) electrons. The molecule has 3 rings (SSSR count). The number of rotatable bonds is 0. The first-order chi connectivity index (χ1) is 10.1. The van der Waals surface area contributed by atoms with Crippen LogP contribution in [-0.4, -0.2) is 16.0 Å². The highest BCUT2D eigenvalue weighted by molar-refractivity contribution is 8.46. The van der Waals surface area contributed by atoms with Crippen molar-refractivity contribution in [2.24, 2.45) is 0 Å². The minimum Gasteiger partial charge on any atom is -0.111 e. The van der Waals surface area contributed by atoms with Crippen LogP contribution in [0.1, 0.15) is 5.56 Å². The van der Waals surface area contributed by atoms with Gasteiger partial charge >= 0.3 is 0 Å². The average molecular weight is 369 g/mol. The van der Waals surface area contributed by atoms with Gasteiger partial charge in [0.25, 0.3) is 0 Å². The summed E-state index contributed by atoms with van der Waals surface area (Å²) in [5.74, 6) is 0. The van der Waals surface area contributed by atoms with Gasteiger partial charge < -0.3 is 0 Å². The van der Waals surface area contributed by atoms with Crippen molar-refractivity contribution < 1.29 is 0 Å². The van der Waals surface area contributed by atoms with Gasteiger partial charge in [-0.15, -0.1) is 23.5 Å². The van der Waals surface area contributed by atoms with Crippen molar-refractivity contribution in [3.05, 3.63) is 48.0 Å². The second-order valence-corrected chi connectivity index (χ2v) is 9.24. The maximum absolute atomic E-state index is 4.78. The Kier molecular flexibility index (Phi) is 7.02. The first kappa shape index (κ1) is 17.3. The topological polar surface area (TPSA) is 0 Å². The number of thiocarbonyl (C=S) groups is 1. The lowest BCUT2D eigenvalue weighted by atomic mass is 10.2. The Bertz CT molecular complexity index is 630. The van der Waals surface area contributed by atoms with E-state index in [0.29, 0.717) is 0 Å². The first-order valence-corrected chi connectivity index (χ1v) is 10.8. The normalized spacial score (nSPS) is 11.8. The second kappa shape index (κ2) is 8.53. The molecule has 1 aliphatic rings. The molecule has 5 heteroatoms. The van der Waals surface area contributed by atoms with Crippen LogP contribution >= 0.6 is 59.3 Å². The van der Waals surface area contributed by atoms with Gasteiger partial charge in [0.15, 0.2) is 0 Å². The van der Waals surface area contributed by atoms with Crippen molar-refractivity contribution >= 4 is 62.8 Å². The summed E-state index contributed by atoms with van der Waals surface area (Å²) in [5.41, 5.74) is 1.33. The summed E-state index contributed by atoms with van der Waals surface area (Å²) in [6.45, 7) is 2.14. The monoisotopic (exact) mass is 368 g/mol. The van der Waals surface area contributed by atoms with Crippen LogP contribution in [0.4, 0.5) is 0 Å². The summed E-state index contributed by atoms with van der Waals surface area (Å²) in [7, 11) is 0. The number of fused-ring (bicyclic) bond motifs is 2. The smallest absolute Gasteiger partial charge is 0.103 e. The predicted molar refractivity (Wildman–Crippen MR) is 105 cm³/mol. The van der Waals surface area contributed by atoms with E-state index in [0.717, 1.165) is 3.53 Å². The third-order valence-corrected chi connectivity index (χ3v) is 7.93. The molecule has 0 N–H and O–H groups in total. The van der Waals surface area contributed by atoms with Gasteiger partial charge in [0.05, 0.1) is 0 Å². The summed E-state index contributed by atoms with van der Waals surface area (Å²) in [6, 6.07) is 15.3. The van der Waals surface area contributed by atoms with Gasteiger partial charge in [0, 0.05) is 19.6 Å². The third-order valence-electron chi connectivity index (χ3n) is 2.72. The lowest BCUT2D eigenvalue weighted by molar-refractivity contribution is 1.14. The lowest BCUT2D eigenvalue weighted by Gasteiger charge is -2.18. The molecule has 1 heterocycles. The van der Waals surface area contributed by atoms with Crippen molar-refractivity contribution in [3.8, 4) is 0 Å². The highest BCUT2D eigenvalue weighted by atomic mass is 32.2. The molecular formula is C16H16S5. The Morgan fingerprint density at radius 3 is 1.90 bits per heavy atom. The Labute approximate surface area is 149 Å². The highest BCUT2D eigenvalue weighted by Gasteiger charge is 2.15. The summed E-state index contributed by atoms with van der Waals surface area (Å²) < 4.78 is 1.01. The van der Waals surface area contributed by atoms with Crippen molar-refractivity contribution in [3.63, 3.8) is 0 Å². The zero-order valence-electron chi connectivity index (χ0n) is 12.1. The molecule has 0 fully saturated rings.